The minimum absolute atomic E-state index is 0. The van der Waals surface area contributed by atoms with E-state index in [-0.39, 0.29) is 24.0 Å². The van der Waals surface area contributed by atoms with Crippen LogP contribution in [0.3, 0.4) is 0 Å². The summed E-state index contributed by atoms with van der Waals surface area (Å²) in [5.41, 5.74) is 1.33. The average molecular weight is 504 g/mol. The van der Waals surface area contributed by atoms with Crippen molar-refractivity contribution in [2.24, 2.45) is 10.9 Å². The van der Waals surface area contributed by atoms with Crippen molar-refractivity contribution >= 4 is 29.9 Å². The zero-order valence-electron chi connectivity index (χ0n) is 17.5. The van der Waals surface area contributed by atoms with Gasteiger partial charge in [0.15, 0.2) is 5.96 Å². The number of guanidine groups is 1. The molecule has 0 aliphatic carbocycles. The summed E-state index contributed by atoms with van der Waals surface area (Å²) in [6, 6.07) is 11.0. The molecule has 1 aliphatic rings. The van der Waals surface area contributed by atoms with Crippen molar-refractivity contribution in [1.29, 1.82) is 0 Å². The van der Waals surface area contributed by atoms with Crippen LogP contribution in [0.5, 0.6) is 0 Å². The lowest BCUT2D eigenvalue weighted by molar-refractivity contribution is 0.0888. The highest BCUT2D eigenvalue weighted by Gasteiger charge is 2.15. The van der Waals surface area contributed by atoms with Crippen LogP contribution in [0.15, 0.2) is 35.3 Å². The Kier molecular flexibility index (Phi) is 13.5. The number of hydrogen-bond donors (Lipinski definition) is 2. The number of rotatable bonds is 11. The van der Waals surface area contributed by atoms with E-state index in [4.69, 9.17) is 9.47 Å². The first-order chi connectivity index (χ1) is 13.2. The highest BCUT2D eigenvalue weighted by molar-refractivity contribution is 14.0. The summed E-state index contributed by atoms with van der Waals surface area (Å²) in [6.07, 6.45) is 2.10. The molecule has 0 bridgehead atoms. The van der Waals surface area contributed by atoms with Gasteiger partial charge in [-0.25, -0.2) is 0 Å². The second-order valence-electron chi connectivity index (χ2n) is 7.29. The van der Waals surface area contributed by atoms with Crippen LogP contribution in [0, 0.1) is 5.92 Å². The van der Waals surface area contributed by atoms with Crippen LogP contribution in [-0.4, -0.2) is 70.5 Å². The van der Waals surface area contributed by atoms with E-state index in [0.29, 0.717) is 12.0 Å². The molecule has 2 rings (SSSR count). The van der Waals surface area contributed by atoms with Gasteiger partial charge in [0.2, 0.25) is 0 Å². The van der Waals surface area contributed by atoms with E-state index >= 15 is 0 Å². The average Bonchev–Trinajstić information content (AvgIpc) is 3.20. The summed E-state index contributed by atoms with van der Waals surface area (Å²) in [5, 5.41) is 6.77. The molecule has 2 N–H and O–H groups in total. The quantitative estimate of drug-likeness (QED) is 0.210. The van der Waals surface area contributed by atoms with Crippen LogP contribution in [0.4, 0.5) is 0 Å². The number of likely N-dealkylation sites (N-methyl/N-ethyl adjacent to an activating group) is 1. The Balaban J connectivity index is 0.00000392. The fourth-order valence-electron chi connectivity index (χ4n) is 2.99. The molecular weight excluding hydrogens is 467 g/mol. The maximum Gasteiger partial charge on any atom is 0.191 e. The molecule has 1 aromatic rings. The summed E-state index contributed by atoms with van der Waals surface area (Å²) < 4.78 is 11.1. The minimum Gasteiger partial charge on any atom is -0.381 e. The third-order valence-corrected chi connectivity index (χ3v) is 4.95. The Hall–Kier alpha value is -0.900. The molecule has 7 heteroatoms. The molecule has 160 valence electrons. The SMILES string of the molecule is CN=C(NCCCOCC1CCOC1)NCC(C)N(C)Cc1ccccc1.I. The Morgan fingerprint density at radius 3 is 2.79 bits per heavy atom. The van der Waals surface area contributed by atoms with Crippen molar-refractivity contribution in [2.75, 3.05) is 53.6 Å². The third kappa shape index (κ3) is 10.0. The molecule has 2 atom stereocenters. The number of halogens is 1. The highest BCUT2D eigenvalue weighted by atomic mass is 127. The first-order valence-corrected chi connectivity index (χ1v) is 10.0. The van der Waals surface area contributed by atoms with Crippen LogP contribution in [-0.2, 0) is 16.0 Å². The van der Waals surface area contributed by atoms with Gasteiger partial charge in [-0.3, -0.25) is 9.89 Å². The van der Waals surface area contributed by atoms with E-state index in [2.05, 4.69) is 64.8 Å². The van der Waals surface area contributed by atoms with E-state index in [1.165, 1.54) is 5.56 Å². The van der Waals surface area contributed by atoms with Crippen LogP contribution in [0.2, 0.25) is 0 Å². The summed E-state index contributed by atoms with van der Waals surface area (Å²) in [4.78, 5) is 6.65. The van der Waals surface area contributed by atoms with Gasteiger partial charge in [0.05, 0.1) is 13.2 Å². The molecule has 1 fully saturated rings. The summed E-state index contributed by atoms with van der Waals surface area (Å²) in [5.74, 6) is 1.43. The van der Waals surface area contributed by atoms with Crippen molar-refractivity contribution in [3.05, 3.63) is 35.9 Å². The molecule has 2 unspecified atom stereocenters. The Labute approximate surface area is 187 Å². The molecule has 6 nitrogen and oxygen atoms in total. The molecule has 0 amide bonds. The second-order valence-corrected chi connectivity index (χ2v) is 7.29. The van der Waals surface area contributed by atoms with Gasteiger partial charge in [-0.1, -0.05) is 30.3 Å². The molecule has 0 saturated carbocycles. The normalized spacial score (nSPS) is 18.0. The van der Waals surface area contributed by atoms with Crippen molar-refractivity contribution in [1.82, 2.24) is 15.5 Å². The predicted molar refractivity (Wildman–Crippen MR) is 127 cm³/mol. The summed E-state index contributed by atoms with van der Waals surface area (Å²) >= 11 is 0. The Morgan fingerprint density at radius 1 is 1.32 bits per heavy atom. The van der Waals surface area contributed by atoms with Crippen LogP contribution in [0.1, 0.15) is 25.3 Å². The molecular formula is C21H37IN4O2. The fraction of sp³-hybridized carbons (Fsp3) is 0.667. The van der Waals surface area contributed by atoms with Gasteiger partial charge in [-0.05, 0) is 32.4 Å². The van der Waals surface area contributed by atoms with Crippen molar-refractivity contribution in [3.63, 3.8) is 0 Å². The number of benzene rings is 1. The molecule has 28 heavy (non-hydrogen) atoms. The van der Waals surface area contributed by atoms with E-state index < -0.39 is 0 Å². The zero-order valence-corrected chi connectivity index (χ0v) is 19.9. The Bertz CT molecular complexity index is 538. The van der Waals surface area contributed by atoms with E-state index in [1.807, 2.05) is 7.05 Å². The standard InChI is InChI=1S/C21H36N4O2.HI/c1-18(25(3)15-19-8-5-4-6-9-19)14-24-21(22-2)23-11-7-12-26-16-20-10-13-27-17-20;/h4-6,8-9,18,20H,7,10-17H2,1-3H3,(H2,22,23,24);1H. The number of nitrogens with zero attached hydrogens (tertiary/aromatic N) is 2. The molecule has 1 saturated heterocycles. The molecule has 0 aromatic heterocycles. The summed E-state index contributed by atoms with van der Waals surface area (Å²) in [7, 11) is 3.96. The largest absolute Gasteiger partial charge is 0.381 e. The van der Waals surface area contributed by atoms with Crippen molar-refractivity contribution in [3.8, 4) is 0 Å². The number of aliphatic imine (C=N–C) groups is 1. The Morgan fingerprint density at radius 2 is 2.11 bits per heavy atom. The third-order valence-electron chi connectivity index (χ3n) is 4.95. The van der Waals surface area contributed by atoms with Gasteiger partial charge in [-0.15, -0.1) is 24.0 Å². The van der Waals surface area contributed by atoms with E-state index in [1.54, 1.807) is 0 Å². The summed E-state index contributed by atoms with van der Waals surface area (Å²) in [6.45, 7) is 8.20. The van der Waals surface area contributed by atoms with Crippen LogP contribution >= 0.6 is 24.0 Å². The van der Waals surface area contributed by atoms with E-state index in [9.17, 15) is 0 Å². The molecule has 1 heterocycles. The van der Waals surface area contributed by atoms with Crippen molar-refractivity contribution in [2.45, 2.75) is 32.4 Å². The number of nitrogens with one attached hydrogen (secondary N) is 2. The van der Waals surface area contributed by atoms with Gasteiger partial charge in [0, 0.05) is 51.9 Å². The topological polar surface area (TPSA) is 58.1 Å². The second kappa shape index (κ2) is 15.0. The maximum absolute atomic E-state index is 5.73. The molecule has 0 spiro atoms. The van der Waals surface area contributed by atoms with Gasteiger partial charge >= 0.3 is 0 Å². The van der Waals surface area contributed by atoms with Gasteiger partial charge in [-0.2, -0.15) is 0 Å². The lowest BCUT2D eigenvalue weighted by Gasteiger charge is -2.25. The molecule has 0 radical (unpaired) electrons. The highest BCUT2D eigenvalue weighted by Crippen LogP contribution is 2.12. The smallest absolute Gasteiger partial charge is 0.191 e. The number of hydrogen-bond acceptors (Lipinski definition) is 4. The van der Waals surface area contributed by atoms with E-state index in [0.717, 1.165) is 64.9 Å². The lowest BCUT2D eigenvalue weighted by Crippen LogP contribution is -2.45. The van der Waals surface area contributed by atoms with Crippen molar-refractivity contribution < 1.29 is 9.47 Å². The van der Waals surface area contributed by atoms with Gasteiger partial charge < -0.3 is 20.1 Å². The fourth-order valence-corrected chi connectivity index (χ4v) is 2.99. The van der Waals surface area contributed by atoms with Crippen LogP contribution in [0.25, 0.3) is 0 Å². The number of ether oxygens (including phenoxy) is 2. The van der Waals surface area contributed by atoms with Gasteiger partial charge in [0.25, 0.3) is 0 Å². The monoisotopic (exact) mass is 504 g/mol. The molecule has 1 aromatic carbocycles. The van der Waals surface area contributed by atoms with Gasteiger partial charge in [0.1, 0.15) is 0 Å². The molecule has 1 aliphatic heterocycles. The maximum atomic E-state index is 5.73. The first kappa shape index (κ1) is 25.1. The predicted octanol–water partition coefficient (Wildman–Crippen LogP) is 2.73. The minimum atomic E-state index is 0. The lowest BCUT2D eigenvalue weighted by atomic mass is 10.1. The zero-order chi connectivity index (χ0) is 19.3. The van der Waals surface area contributed by atoms with Crippen LogP contribution < -0.4 is 10.6 Å². The first-order valence-electron chi connectivity index (χ1n) is 10.0.